The van der Waals surface area contributed by atoms with Crippen LogP contribution in [0.3, 0.4) is 0 Å². The predicted molar refractivity (Wildman–Crippen MR) is 76.5 cm³/mol. The molecule has 2 amide bonds. The molecule has 20 heavy (non-hydrogen) atoms. The maximum atomic E-state index is 12.2. The van der Waals surface area contributed by atoms with E-state index in [0.29, 0.717) is 12.0 Å². The molecule has 1 saturated heterocycles. The van der Waals surface area contributed by atoms with Crippen LogP contribution < -0.4 is 5.32 Å². The quantitative estimate of drug-likeness (QED) is 0.814. The maximum Gasteiger partial charge on any atom is 0.317 e. The number of nitrogens with one attached hydrogen (secondary N) is 1. The van der Waals surface area contributed by atoms with Gasteiger partial charge in [-0.25, -0.2) is 4.79 Å². The summed E-state index contributed by atoms with van der Waals surface area (Å²) in [5, 5.41) is 11.9. The molecule has 1 saturated carbocycles. The second kappa shape index (κ2) is 6.46. The number of urea groups is 1. The monoisotopic (exact) mass is 282 g/mol. The number of carbonyl (C=O) groups is 2. The van der Waals surface area contributed by atoms with Gasteiger partial charge in [-0.1, -0.05) is 13.3 Å². The van der Waals surface area contributed by atoms with Gasteiger partial charge in [0.15, 0.2) is 0 Å². The van der Waals surface area contributed by atoms with E-state index in [9.17, 15) is 9.59 Å². The number of aliphatic carboxylic acids is 1. The average molecular weight is 282 g/mol. The van der Waals surface area contributed by atoms with Crippen LogP contribution in [0.15, 0.2) is 0 Å². The highest BCUT2D eigenvalue weighted by atomic mass is 16.4. The lowest BCUT2D eigenvalue weighted by Crippen LogP contribution is -2.49. The Balaban J connectivity index is 1.78. The van der Waals surface area contributed by atoms with Crippen molar-refractivity contribution in [3.8, 4) is 0 Å². The summed E-state index contributed by atoms with van der Waals surface area (Å²) in [6.45, 7) is 4.29. The van der Waals surface area contributed by atoms with Gasteiger partial charge < -0.3 is 15.3 Å². The predicted octanol–water partition coefficient (Wildman–Crippen LogP) is 2.46. The zero-order chi connectivity index (χ0) is 14.6. The minimum absolute atomic E-state index is 0.0141. The van der Waals surface area contributed by atoms with Crippen LogP contribution in [-0.4, -0.2) is 41.6 Å². The Labute approximate surface area is 120 Å². The van der Waals surface area contributed by atoms with Crippen molar-refractivity contribution in [1.29, 1.82) is 0 Å². The van der Waals surface area contributed by atoms with Crippen LogP contribution in [0, 0.1) is 11.3 Å². The topological polar surface area (TPSA) is 69.6 Å². The molecule has 0 aromatic carbocycles. The van der Waals surface area contributed by atoms with Crippen molar-refractivity contribution < 1.29 is 14.7 Å². The van der Waals surface area contributed by atoms with Gasteiger partial charge in [0.1, 0.15) is 0 Å². The standard InChI is InChI=1S/C15H26N2O3/c1-2-15(6-4-7-15)11-16-14(20)17-8-3-5-12(10-17)9-13(18)19/h12H,2-11H2,1H3,(H,16,20)(H,18,19). The number of hydrogen-bond donors (Lipinski definition) is 2. The molecule has 2 fully saturated rings. The van der Waals surface area contributed by atoms with Crippen molar-refractivity contribution in [1.82, 2.24) is 10.2 Å². The summed E-state index contributed by atoms with van der Waals surface area (Å²) in [6.07, 6.45) is 6.81. The number of likely N-dealkylation sites (tertiary alicyclic amines) is 1. The molecule has 5 nitrogen and oxygen atoms in total. The number of hydrogen-bond acceptors (Lipinski definition) is 2. The molecular formula is C15H26N2O3. The molecule has 2 N–H and O–H groups in total. The van der Waals surface area contributed by atoms with E-state index in [2.05, 4.69) is 12.2 Å². The molecule has 0 aromatic rings. The van der Waals surface area contributed by atoms with E-state index in [1.807, 2.05) is 0 Å². The number of carboxylic acids is 1. The second-order valence-corrected chi connectivity index (χ2v) is 6.42. The minimum Gasteiger partial charge on any atom is -0.481 e. The Hall–Kier alpha value is -1.26. The van der Waals surface area contributed by atoms with Crippen LogP contribution in [0.5, 0.6) is 0 Å². The first kappa shape index (κ1) is 15.1. The van der Waals surface area contributed by atoms with Crippen molar-refractivity contribution in [3.05, 3.63) is 0 Å². The number of nitrogens with zero attached hydrogens (tertiary/aromatic N) is 1. The average Bonchev–Trinajstić information content (AvgIpc) is 2.37. The van der Waals surface area contributed by atoms with Gasteiger partial charge in [0.05, 0.1) is 0 Å². The lowest BCUT2D eigenvalue weighted by molar-refractivity contribution is -0.138. The lowest BCUT2D eigenvalue weighted by Gasteiger charge is -2.42. The fraction of sp³-hybridized carbons (Fsp3) is 0.867. The zero-order valence-electron chi connectivity index (χ0n) is 12.4. The van der Waals surface area contributed by atoms with Gasteiger partial charge in [-0.2, -0.15) is 0 Å². The number of rotatable bonds is 5. The minimum atomic E-state index is -0.767. The molecule has 1 atom stereocenters. The summed E-state index contributed by atoms with van der Waals surface area (Å²) in [6, 6.07) is -0.0141. The third-order valence-corrected chi connectivity index (χ3v) is 5.05. The summed E-state index contributed by atoms with van der Waals surface area (Å²) in [7, 11) is 0. The summed E-state index contributed by atoms with van der Waals surface area (Å²) in [5.41, 5.74) is 0.325. The van der Waals surface area contributed by atoms with Crippen LogP contribution in [0.1, 0.15) is 51.9 Å². The van der Waals surface area contributed by atoms with Crippen LogP contribution >= 0.6 is 0 Å². The van der Waals surface area contributed by atoms with Gasteiger partial charge in [-0.3, -0.25) is 4.79 Å². The third-order valence-electron chi connectivity index (χ3n) is 5.05. The number of carboxylic acid groups (broad SMARTS) is 1. The van der Waals surface area contributed by atoms with E-state index >= 15 is 0 Å². The first-order chi connectivity index (χ1) is 9.54. The van der Waals surface area contributed by atoms with Gasteiger partial charge >= 0.3 is 12.0 Å². The van der Waals surface area contributed by atoms with Crippen LogP contribution in [0.4, 0.5) is 4.79 Å². The first-order valence-electron chi connectivity index (χ1n) is 7.79. The molecule has 0 radical (unpaired) electrons. The summed E-state index contributed by atoms with van der Waals surface area (Å²) in [5.74, 6) is -0.660. The van der Waals surface area contributed by atoms with E-state index in [-0.39, 0.29) is 18.4 Å². The highest BCUT2D eigenvalue weighted by molar-refractivity contribution is 5.74. The Bertz CT molecular complexity index is 361. The molecule has 1 heterocycles. The number of piperidine rings is 1. The first-order valence-corrected chi connectivity index (χ1v) is 7.79. The van der Waals surface area contributed by atoms with Crippen molar-refractivity contribution in [2.75, 3.05) is 19.6 Å². The maximum absolute atomic E-state index is 12.2. The molecular weight excluding hydrogens is 256 g/mol. The lowest BCUT2D eigenvalue weighted by atomic mass is 9.67. The molecule has 5 heteroatoms. The summed E-state index contributed by atoms with van der Waals surface area (Å²) in [4.78, 5) is 24.8. The van der Waals surface area contributed by atoms with Gasteiger partial charge in [-0.15, -0.1) is 0 Å². The largest absolute Gasteiger partial charge is 0.481 e. The molecule has 0 aromatic heterocycles. The van der Waals surface area contributed by atoms with Gasteiger partial charge in [-0.05, 0) is 43.4 Å². The molecule has 0 bridgehead atoms. The Morgan fingerprint density at radius 1 is 1.35 bits per heavy atom. The molecule has 0 spiro atoms. The Kier molecular flexibility index (Phi) is 4.89. The molecule has 1 unspecified atom stereocenters. The van der Waals surface area contributed by atoms with Crippen molar-refractivity contribution in [2.24, 2.45) is 11.3 Å². The molecule has 2 rings (SSSR count). The van der Waals surface area contributed by atoms with Crippen LogP contribution in [0.2, 0.25) is 0 Å². The van der Waals surface area contributed by atoms with Gasteiger partial charge in [0, 0.05) is 26.1 Å². The normalized spacial score (nSPS) is 24.9. The van der Waals surface area contributed by atoms with Gasteiger partial charge in [0.25, 0.3) is 0 Å². The van der Waals surface area contributed by atoms with Crippen molar-refractivity contribution >= 4 is 12.0 Å². The van der Waals surface area contributed by atoms with Crippen molar-refractivity contribution in [2.45, 2.75) is 51.9 Å². The SMILES string of the molecule is CCC1(CNC(=O)N2CCCC(CC(=O)O)C2)CCC1. The zero-order valence-corrected chi connectivity index (χ0v) is 12.4. The van der Waals surface area contributed by atoms with Crippen molar-refractivity contribution in [3.63, 3.8) is 0 Å². The van der Waals surface area contributed by atoms with E-state index in [1.165, 1.54) is 19.3 Å². The molecule has 1 aliphatic carbocycles. The highest BCUT2D eigenvalue weighted by Gasteiger charge is 2.36. The fourth-order valence-corrected chi connectivity index (χ4v) is 3.37. The Morgan fingerprint density at radius 3 is 2.65 bits per heavy atom. The summed E-state index contributed by atoms with van der Waals surface area (Å²) < 4.78 is 0. The van der Waals surface area contributed by atoms with E-state index in [4.69, 9.17) is 5.11 Å². The third kappa shape index (κ3) is 3.64. The van der Waals surface area contributed by atoms with Crippen LogP contribution in [0.25, 0.3) is 0 Å². The van der Waals surface area contributed by atoms with Gasteiger partial charge in [0.2, 0.25) is 0 Å². The van der Waals surface area contributed by atoms with Crippen LogP contribution in [-0.2, 0) is 4.79 Å². The highest BCUT2D eigenvalue weighted by Crippen LogP contribution is 2.43. The Morgan fingerprint density at radius 2 is 2.10 bits per heavy atom. The van der Waals surface area contributed by atoms with E-state index < -0.39 is 5.97 Å². The molecule has 114 valence electrons. The molecule has 2 aliphatic rings. The molecule has 1 aliphatic heterocycles. The van der Waals surface area contributed by atoms with E-state index in [1.54, 1.807) is 4.90 Å². The smallest absolute Gasteiger partial charge is 0.317 e. The number of amides is 2. The second-order valence-electron chi connectivity index (χ2n) is 6.42. The number of carbonyl (C=O) groups excluding carboxylic acids is 1. The summed E-state index contributed by atoms with van der Waals surface area (Å²) >= 11 is 0. The van der Waals surface area contributed by atoms with E-state index in [0.717, 1.165) is 32.4 Å². The fourth-order valence-electron chi connectivity index (χ4n) is 3.37.